The van der Waals surface area contributed by atoms with Crippen molar-refractivity contribution in [3.05, 3.63) is 47.2 Å². The summed E-state index contributed by atoms with van der Waals surface area (Å²) in [7, 11) is 5.47. The normalized spacial score (nSPS) is 27.3. The second-order valence-electron chi connectivity index (χ2n) is 7.74. The molecule has 1 saturated heterocycles. The summed E-state index contributed by atoms with van der Waals surface area (Å²) in [6.07, 6.45) is 3.08. The van der Waals surface area contributed by atoms with Crippen molar-refractivity contribution in [3.8, 4) is 0 Å². The van der Waals surface area contributed by atoms with Crippen LogP contribution in [0.2, 0.25) is 0 Å². The van der Waals surface area contributed by atoms with Crippen LogP contribution >= 0.6 is 0 Å². The highest BCUT2D eigenvalue weighted by molar-refractivity contribution is 6.03. The molecule has 2 bridgehead atoms. The lowest BCUT2D eigenvalue weighted by Crippen LogP contribution is -2.54. The number of likely N-dealkylation sites (tertiary alicyclic amines) is 1. The zero-order valence-electron chi connectivity index (χ0n) is 16.4. The van der Waals surface area contributed by atoms with Crippen molar-refractivity contribution in [2.24, 2.45) is 18.9 Å². The van der Waals surface area contributed by atoms with E-state index in [1.54, 1.807) is 0 Å². The van der Waals surface area contributed by atoms with Crippen molar-refractivity contribution in [1.29, 1.82) is 0 Å². The molecule has 4 rings (SSSR count). The summed E-state index contributed by atoms with van der Waals surface area (Å²) in [5, 5.41) is 1.11. The van der Waals surface area contributed by atoms with Crippen LogP contribution in [0, 0.1) is 11.8 Å². The predicted molar refractivity (Wildman–Crippen MR) is 105 cm³/mol. The molecule has 0 spiro atoms. The van der Waals surface area contributed by atoms with Gasteiger partial charge in [-0.15, -0.1) is 0 Å². The van der Waals surface area contributed by atoms with E-state index < -0.39 is 0 Å². The Labute approximate surface area is 159 Å². The molecule has 27 heavy (non-hydrogen) atoms. The summed E-state index contributed by atoms with van der Waals surface area (Å²) in [5.74, 6) is -0.518. The Morgan fingerprint density at radius 3 is 2.67 bits per heavy atom. The van der Waals surface area contributed by atoms with Gasteiger partial charge in [-0.05, 0) is 32.0 Å². The quantitative estimate of drug-likeness (QED) is 0.575. The van der Waals surface area contributed by atoms with Crippen molar-refractivity contribution in [2.45, 2.75) is 25.8 Å². The van der Waals surface area contributed by atoms with Crippen molar-refractivity contribution >= 4 is 22.7 Å². The van der Waals surface area contributed by atoms with Crippen LogP contribution in [0.15, 0.2) is 35.9 Å². The van der Waals surface area contributed by atoms with Crippen LogP contribution < -0.4 is 0 Å². The van der Waals surface area contributed by atoms with Gasteiger partial charge in [0.1, 0.15) is 0 Å². The van der Waals surface area contributed by atoms with Crippen LogP contribution in [0.5, 0.6) is 0 Å². The van der Waals surface area contributed by atoms with Crippen molar-refractivity contribution in [1.82, 2.24) is 9.47 Å². The summed E-state index contributed by atoms with van der Waals surface area (Å²) in [6.45, 7) is 2.77. The molecule has 0 radical (unpaired) electrons. The third-order valence-electron chi connectivity index (χ3n) is 6.46. The van der Waals surface area contributed by atoms with Gasteiger partial charge in [-0.1, -0.05) is 29.8 Å². The van der Waals surface area contributed by atoms with Crippen LogP contribution in [0.3, 0.4) is 0 Å². The molecular weight excluding hydrogens is 340 g/mol. The SMILES string of the molecule is CC=C1CN(C)C2Cc3c(n(C)c4ccccc34)C(=O)CC1C2C(=O)OC. The molecule has 1 fully saturated rings. The number of hydrogen-bond donors (Lipinski definition) is 0. The number of hydrogen-bond acceptors (Lipinski definition) is 4. The Morgan fingerprint density at radius 1 is 1.22 bits per heavy atom. The number of likely N-dealkylation sites (N-methyl/N-ethyl adjacent to an activating group) is 1. The molecule has 2 aliphatic rings. The minimum absolute atomic E-state index is 0.0174. The lowest BCUT2D eigenvalue weighted by molar-refractivity contribution is -0.150. The van der Waals surface area contributed by atoms with E-state index in [4.69, 9.17) is 4.74 Å². The zero-order chi connectivity index (χ0) is 19.3. The number of carbonyl (C=O) groups is 2. The van der Waals surface area contributed by atoms with Crippen LogP contribution in [0.1, 0.15) is 29.4 Å². The van der Waals surface area contributed by atoms with E-state index in [2.05, 4.69) is 30.2 Å². The number of ether oxygens (including phenoxy) is 1. The number of benzene rings is 1. The molecule has 1 aliphatic heterocycles. The fraction of sp³-hybridized carbons (Fsp3) is 0.455. The summed E-state index contributed by atoms with van der Waals surface area (Å²) in [6, 6.07) is 8.16. The first-order chi connectivity index (χ1) is 13.0. The molecule has 0 amide bonds. The molecule has 2 aromatic rings. The minimum Gasteiger partial charge on any atom is -0.469 e. The highest BCUT2D eigenvalue weighted by Gasteiger charge is 2.47. The maximum Gasteiger partial charge on any atom is 0.310 e. The summed E-state index contributed by atoms with van der Waals surface area (Å²) < 4.78 is 7.19. The van der Waals surface area contributed by atoms with Crippen LogP contribution in [-0.4, -0.2) is 48.0 Å². The lowest BCUT2D eigenvalue weighted by atomic mass is 9.70. The molecule has 0 saturated carbocycles. The van der Waals surface area contributed by atoms with Gasteiger partial charge in [0.05, 0.1) is 18.7 Å². The lowest BCUT2D eigenvalue weighted by Gasteiger charge is -2.45. The topological polar surface area (TPSA) is 51.5 Å². The van der Waals surface area contributed by atoms with Gasteiger partial charge in [-0.2, -0.15) is 0 Å². The van der Waals surface area contributed by atoms with Gasteiger partial charge in [-0.25, -0.2) is 0 Å². The second-order valence-corrected chi connectivity index (χ2v) is 7.74. The van der Waals surface area contributed by atoms with E-state index in [0.29, 0.717) is 12.8 Å². The van der Waals surface area contributed by atoms with E-state index in [0.717, 1.165) is 34.3 Å². The first-order valence-electron chi connectivity index (χ1n) is 9.50. The van der Waals surface area contributed by atoms with Crippen LogP contribution in [0.4, 0.5) is 0 Å². The largest absolute Gasteiger partial charge is 0.469 e. The first-order valence-corrected chi connectivity index (χ1v) is 9.50. The van der Waals surface area contributed by atoms with E-state index in [9.17, 15) is 9.59 Å². The molecule has 142 valence electrons. The number of fused-ring (bicyclic) bond motifs is 5. The number of Topliss-reactive ketones (excluding diaryl/α,β-unsaturated/α-hetero) is 1. The Hall–Kier alpha value is -2.40. The number of aryl methyl sites for hydroxylation is 1. The number of carbonyl (C=O) groups excluding carboxylic acids is 2. The Morgan fingerprint density at radius 2 is 1.96 bits per heavy atom. The highest BCUT2D eigenvalue weighted by atomic mass is 16.5. The van der Waals surface area contributed by atoms with E-state index >= 15 is 0 Å². The zero-order valence-corrected chi connectivity index (χ0v) is 16.4. The standard InChI is InChI=1S/C22H26N2O3/c1-5-13-12-23(2)18-10-16-14-8-6-7-9-17(14)24(3)21(16)19(25)11-15(13)20(18)22(26)27-4/h5-9,15,18,20H,10-12H2,1-4H3. The molecule has 5 nitrogen and oxygen atoms in total. The van der Waals surface area contributed by atoms with Gasteiger partial charge in [0.15, 0.2) is 5.78 Å². The van der Waals surface area contributed by atoms with Gasteiger partial charge in [0, 0.05) is 42.9 Å². The number of para-hydroxylation sites is 1. The summed E-state index contributed by atoms with van der Waals surface area (Å²) in [5.41, 5.74) is 4.07. The number of esters is 1. The number of nitrogens with zero attached hydrogens (tertiary/aromatic N) is 2. The fourth-order valence-electron chi connectivity index (χ4n) is 5.14. The van der Waals surface area contributed by atoms with Crippen molar-refractivity contribution < 1.29 is 14.3 Å². The van der Waals surface area contributed by atoms with E-state index in [1.807, 2.05) is 30.7 Å². The molecule has 3 atom stereocenters. The maximum atomic E-state index is 13.3. The molecule has 5 heteroatoms. The smallest absolute Gasteiger partial charge is 0.310 e. The molecule has 1 aromatic heterocycles. The molecule has 2 heterocycles. The molecule has 1 aliphatic carbocycles. The third-order valence-corrected chi connectivity index (χ3v) is 6.46. The number of allylic oxidation sites excluding steroid dienone is 1. The maximum absolute atomic E-state index is 13.3. The van der Waals surface area contributed by atoms with Crippen LogP contribution in [0.25, 0.3) is 10.9 Å². The highest BCUT2D eigenvalue weighted by Crippen LogP contribution is 2.42. The number of aromatic nitrogens is 1. The summed E-state index contributed by atoms with van der Waals surface area (Å²) in [4.78, 5) is 28.3. The first kappa shape index (κ1) is 18.0. The van der Waals surface area contributed by atoms with Crippen molar-refractivity contribution in [2.75, 3.05) is 20.7 Å². The van der Waals surface area contributed by atoms with Crippen LogP contribution in [-0.2, 0) is 23.0 Å². The van der Waals surface area contributed by atoms with Crippen molar-refractivity contribution in [3.63, 3.8) is 0 Å². The average Bonchev–Trinajstić information content (AvgIpc) is 2.94. The molecule has 1 aromatic carbocycles. The van der Waals surface area contributed by atoms with E-state index in [1.165, 1.54) is 7.11 Å². The Bertz CT molecular complexity index is 956. The Balaban J connectivity index is 1.95. The van der Waals surface area contributed by atoms with Gasteiger partial charge in [0.2, 0.25) is 0 Å². The average molecular weight is 366 g/mol. The minimum atomic E-state index is -0.323. The monoisotopic (exact) mass is 366 g/mol. The van der Waals surface area contributed by atoms with Gasteiger partial charge in [-0.3, -0.25) is 14.5 Å². The second kappa shape index (κ2) is 6.64. The number of rotatable bonds is 1. The molecule has 3 unspecified atom stereocenters. The van der Waals surface area contributed by atoms with Gasteiger partial charge in [0.25, 0.3) is 0 Å². The summed E-state index contributed by atoms with van der Waals surface area (Å²) >= 11 is 0. The van der Waals surface area contributed by atoms with Gasteiger partial charge >= 0.3 is 5.97 Å². The fourth-order valence-corrected chi connectivity index (χ4v) is 5.14. The third kappa shape index (κ3) is 2.64. The predicted octanol–water partition coefficient (Wildman–Crippen LogP) is 2.97. The molecular formula is C22H26N2O3. The number of ketones is 1. The molecule has 0 N–H and O–H groups in total. The van der Waals surface area contributed by atoms with E-state index in [-0.39, 0.29) is 29.6 Å². The Kier molecular flexibility index (Phi) is 4.42. The number of piperidine rings is 1. The van der Waals surface area contributed by atoms with Gasteiger partial charge < -0.3 is 9.30 Å². The number of methoxy groups -OCH3 is 1.